The second kappa shape index (κ2) is 31.8. The summed E-state index contributed by atoms with van der Waals surface area (Å²) < 4.78 is 12.7. The molecule has 0 unspecified atom stereocenters. The normalized spacial score (nSPS) is 8.35. The van der Waals surface area contributed by atoms with Crippen LogP contribution in [0.2, 0.25) is 0 Å². The molecular weight excluding hydrogens is 393 g/mol. The summed E-state index contributed by atoms with van der Waals surface area (Å²) in [4.78, 5) is 0. The minimum absolute atomic E-state index is 0. The third-order valence-corrected chi connectivity index (χ3v) is 3.47. The van der Waals surface area contributed by atoms with Crippen LogP contribution in [0.1, 0.15) is 20.8 Å². The molecule has 1 aromatic rings. The summed E-state index contributed by atoms with van der Waals surface area (Å²) >= 11 is -1.73. The largest absolute Gasteiger partial charge is 4.00 e. The first-order valence-corrected chi connectivity index (χ1v) is 9.21. The van der Waals surface area contributed by atoms with Crippen LogP contribution in [0.3, 0.4) is 0 Å². The predicted octanol–water partition coefficient (Wildman–Crippen LogP) is 3.11. The van der Waals surface area contributed by atoms with Gasteiger partial charge in [-0.05, 0) is 0 Å². The van der Waals surface area contributed by atoms with E-state index in [-0.39, 0.29) is 26.2 Å². The van der Waals surface area contributed by atoms with Gasteiger partial charge >= 0.3 is 74.3 Å². The van der Waals surface area contributed by atoms with Gasteiger partial charge in [-0.3, -0.25) is 0 Å². The third kappa shape index (κ3) is 36.3. The second-order valence-electron chi connectivity index (χ2n) is 3.32. The van der Waals surface area contributed by atoms with Crippen molar-refractivity contribution in [1.29, 1.82) is 0 Å². The Labute approximate surface area is 151 Å². The van der Waals surface area contributed by atoms with Crippen molar-refractivity contribution in [2.24, 2.45) is 0 Å². The van der Waals surface area contributed by atoms with Gasteiger partial charge in [0.2, 0.25) is 0 Å². The fourth-order valence-corrected chi connectivity index (χ4v) is 1.45. The van der Waals surface area contributed by atoms with Gasteiger partial charge in [-0.25, -0.2) is 0 Å². The quantitative estimate of drug-likeness (QED) is 0.528. The van der Waals surface area contributed by atoms with Gasteiger partial charge in [0, 0.05) is 0 Å². The maximum atomic E-state index is 11.7. The monoisotopic (exact) mass is 423 g/mol. The van der Waals surface area contributed by atoms with Crippen molar-refractivity contribution in [1.82, 2.24) is 0 Å². The molecule has 0 radical (unpaired) electrons. The van der Waals surface area contributed by atoms with Crippen molar-refractivity contribution < 1.29 is 29.7 Å². The van der Waals surface area contributed by atoms with Crippen LogP contribution in [0.4, 0.5) is 3.50 Å². The summed E-state index contributed by atoms with van der Waals surface area (Å²) in [5, 5.41) is 11.2. The van der Waals surface area contributed by atoms with Crippen LogP contribution in [0, 0.1) is 0 Å². The van der Waals surface area contributed by atoms with E-state index in [1.54, 1.807) is 21.1 Å². The first-order valence-electron chi connectivity index (χ1n) is 6.61. The molecule has 0 saturated heterocycles. The Bertz CT molecular complexity index is 197. The molecule has 1 aromatic carbocycles. The van der Waals surface area contributed by atoms with Crippen molar-refractivity contribution in [3.8, 4) is 0 Å². The van der Waals surface area contributed by atoms with E-state index in [1.165, 1.54) is 0 Å². The fraction of sp³-hybridized carbons (Fsp3) is 0.643. The second-order valence-corrected chi connectivity index (χ2v) is 5.60. The Morgan fingerprint density at radius 1 is 0.850 bits per heavy atom. The van der Waals surface area contributed by atoms with Gasteiger partial charge in [0.1, 0.15) is 0 Å². The Morgan fingerprint density at radius 3 is 1.20 bits per heavy atom. The number of halogens is 1. The number of hydrogen-bond acceptors (Lipinski definition) is 0. The van der Waals surface area contributed by atoms with Gasteiger partial charge in [0.05, 0.1) is 0 Å². The van der Waals surface area contributed by atoms with Crippen LogP contribution in [0.15, 0.2) is 24.3 Å². The number of nitrogens with zero attached hydrogens (tertiary/aromatic N) is 3. The molecule has 0 N–H and O–H groups in total. The van der Waals surface area contributed by atoms with E-state index in [0.717, 1.165) is 24.0 Å². The standard InChI is InChI=1S/C5H6FGe.3C3H8N.Zr/c6-7-5-3-1-2-4-5;3*1-3-4-2;/h1-4H,7H2;3*3H2,1-2H3;/q4*-1;+4. The summed E-state index contributed by atoms with van der Waals surface area (Å²) in [5.41, 5.74) is 0. The van der Waals surface area contributed by atoms with E-state index < -0.39 is 15.9 Å². The Morgan fingerprint density at radius 2 is 1.10 bits per heavy atom. The van der Waals surface area contributed by atoms with Crippen molar-refractivity contribution >= 4 is 20.3 Å². The molecule has 0 aliphatic rings. The van der Waals surface area contributed by atoms with E-state index in [0.29, 0.717) is 0 Å². The van der Waals surface area contributed by atoms with Crippen molar-refractivity contribution in [3.63, 3.8) is 0 Å². The van der Waals surface area contributed by atoms with Gasteiger partial charge < -0.3 is 16.0 Å². The number of rotatable bonds is 4. The van der Waals surface area contributed by atoms with Crippen LogP contribution in [0.25, 0.3) is 16.0 Å². The maximum Gasteiger partial charge on any atom is 4.00 e. The summed E-state index contributed by atoms with van der Waals surface area (Å²) in [6, 6.07) is 7.44. The van der Waals surface area contributed by atoms with Crippen LogP contribution < -0.4 is 4.40 Å². The molecule has 0 atom stereocenters. The first kappa shape index (κ1) is 28.7. The minimum atomic E-state index is -1.73. The van der Waals surface area contributed by atoms with E-state index >= 15 is 0 Å². The van der Waals surface area contributed by atoms with Crippen molar-refractivity contribution in [2.75, 3.05) is 40.8 Å². The van der Waals surface area contributed by atoms with E-state index in [2.05, 4.69) is 16.0 Å². The molecule has 1 rings (SSSR count). The van der Waals surface area contributed by atoms with Gasteiger partial charge in [-0.15, -0.1) is 0 Å². The van der Waals surface area contributed by atoms with Crippen LogP contribution in [-0.4, -0.2) is 56.7 Å². The molecule has 6 heteroatoms. The Hall–Kier alpha value is 0.586. The zero-order chi connectivity index (χ0) is 15.4. The van der Waals surface area contributed by atoms with Crippen molar-refractivity contribution in [3.05, 3.63) is 40.2 Å². The molecule has 0 saturated carbocycles. The summed E-state index contributed by atoms with van der Waals surface area (Å²) in [7, 11) is 5.42. The molecule has 116 valence electrons. The SMILES string of the molecule is CC[N-]C.CC[N-]C.CC[N-]C.[F][GeH2][c-]1cccc1.[Zr+4]. The van der Waals surface area contributed by atoms with Crippen LogP contribution >= 0.6 is 0 Å². The molecule has 0 aliphatic heterocycles. The Kier molecular flexibility index (Phi) is 45.6. The van der Waals surface area contributed by atoms with Gasteiger partial charge in [-0.1, -0.05) is 20.8 Å². The molecule has 0 amide bonds. The topological polar surface area (TPSA) is 42.3 Å². The third-order valence-electron chi connectivity index (χ3n) is 1.83. The molecule has 0 heterocycles. The average Bonchev–Trinajstić information content (AvgIpc) is 3.01. The predicted molar refractivity (Wildman–Crippen MR) is 90.8 cm³/mol. The zero-order valence-electron chi connectivity index (χ0n) is 13.9. The fourth-order valence-electron chi connectivity index (χ4n) is 0.503. The molecule has 0 bridgehead atoms. The first-order chi connectivity index (χ1) is 9.17. The molecule has 3 nitrogen and oxygen atoms in total. The van der Waals surface area contributed by atoms with Gasteiger partial charge in [-0.2, -0.15) is 40.8 Å². The van der Waals surface area contributed by atoms with E-state index in [4.69, 9.17) is 0 Å². The number of hydrogen-bond donors (Lipinski definition) is 0. The van der Waals surface area contributed by atoms with Crippen LogP contribution in [-0.2, 0) is 26.2 Å². The minimum Gasteiger partial charge on any atom is 4.00 e. The summed E-state index contributed by atoms with van der Waals surface area (Å²) in [5.74, 6) is 0. The smallest absolute Gasteiger partial charge is 4.00 e. The van der Waals surface area contributed by atoms with Crippen LogP contribution in [0.5, 0.6) is 0 Å². The molecule has 0 spiro atoms. The summed E-state index contributed by atoms with van der Waals surface area (Å²) in [6.07, 6.45) is 0. The zero-order valence-corrected chi connectivity index (χ0v) is 19.3. The molecule has 0 fully saturated rings. The maximum absolute atomic E-state index is 11.7. The molecule has 0 aromatic heterocycles. The van der Waals surface area contributed by atoms with E-state index in [1.807, 2.05) is 45.0 Å². The molecule has 0 aliphatic carbocycles. The average molecular weight is 423 g/mol. The summed E-state index contributed by atoms with van der Waals surface area (Å²) in [6.45, 7) is 8.88. The molecule has 20 heavy (non-hydrogen) atoms. The van der Waals surface area contributed by atoms with Crippen molar-refractivity contribution in [2.45, 2.75) is 20.8 Å². The van der Waals surface area contributed by atoms with Gasteiger partial charge in [0.15, 0.2) is 0 Å². The van der Waals surface area contributed by atoms with Gasteiger partial charge in [0.25, 0.3) is 0 Å². The Balaban J connectivity index is -0.0000000881. The molecular formula is C14H30FGeN3Zr. The van der Waals surface area contributed by atoms with E-state index in [9.17, 15) is 3.50 Å².